The van der Waals surface area contributed by atoms with E-state index < -0.39 is 17.7 Å². The third-order valence-electron chi connectivity index (χ3n) is 1.64. The Morgan fingerprint density at radius 1 is 1.64 bits per heavy atom. The number of nitrogens with zero attached hydrogens (tertiary/aromatic N) is 2. The Balaban J connectivity index is 3.41. The standard InChI is InChI=1S/C8H5BrF2N2O/c9-1-4-3-13-5(2-12)7(14)6(4)8(10)11/h3,8,14H,1H2. The van der Waals surface area contributed by atoms with E-state index in [2.05, 4.69) is 20.9 Å². The minimum absolute atomic E-state index is 0.152. The van der Waals surface area contributed by atoms with Crippen molar-refractivity contribution in [3.8, 4) is 11.8 Å². The highest BCUT2D eigenvalue weighted by Crippen LogP contribution is 2.33. The van der Waals surface area contributed by atoms with E-state index in [0.29, 0.717) is 0 Å². The van der Waals surface area contributed by atoms with Crippen molar-refractivity contribution in [3.63, 3.8) is 0 Å². The first-order valence-electron chi connectivity index (χ1n) is 3.56. The van der Waals surface area contributed by atoms with Crippen molar-refractivity contribution in [2.75, 3.05) is 0 Å². The first-order chi connectivity index (χ1) is 6.61. The first-order valence-corrected chi connectivity index (χ1v) is 4.69. The molecule has 0 fully saturated rings. The van der Waals surface area contributed by atoms with Crippen LogP contribution in [-0.2, 0) is 5.33 Å². The molecule has 0 amide bonds. The summed E-state index contributed by atoms with van der Waals surface area (Å²) in [7, 11) is 0. The fourth-order valence-corrected chi connectivity index (χ4v) is 1.43. The minimum Gasteiger partial charge on any atom is -0.505 e. The van der Waals surface area contributed by atoms with E-state index in [1.165, 1.54) is 6.07 Å². The van der Waals surface area contributed by atoms with Crippen LogP contribution in [0.25, 0.3) is 0 Å². The molecule has 3 nitrogen and oxygen atoms in total. The summed E-state index contributed by atoms with van der Waals surface area (Å²) in [5.74, 6) is -0.737. The lowest BCUT2D eigenvalue weighted by Gasteiger charge is -2.08. The molecule has 0 aliphatic rings. The number of halogens is 3. The third-order valence-corrected chi connectivity index (χ3v) is 2.25. The highest BCUT2D eigenvalue weighted by atomic mass is 79.9. The fourth-order valence-electron chi connectivity index (χ4n) is 0.985. The molecule has 0 radical (unpaired) electrons. The van der Waals surface area contributed by atoms with Gasteiger partial charge in [0.15, 0.2) is 11.4 Å². The fraction of sp³-hybridized carbons (Fsp3) is 0.250. The lowest BCUT2D eigenvalue weighted by molar-refractivity contribution is 0.146. The second-order valence-electron chi connectivity index (χ2n) is 2.44. The van der Waals surface area contributed by atoms with Gasteiger partial charge in [-0.15, -0.1) is 0 Å². The van der Waals surface area contributed by atoms with Crippen LogP contribution in [0.3, 0.4) is 0 Å². The molecule has 1 heterocycles. The molecule has 6 heteroatoms. The zero-order chi connectivity index (χ0) is 10.7. The molecule has 0 bridgehead atoms. The normalized spacial score (nSPS) is 10.2. The van der Waals surface area contributed by atoms with Crippen molar-refractivity contribution >= 4 is 15.9 Å². The second kappa shape index (κ2) is 4.33. The average molecular weight is 263 g/mol. The Morgan fingerprint density at radius 3 is 2.71 bits per heavy atom. The summed E-state index contributed by atoms with van der Waals surface area (Å²) >= 11 is 2.99. The molecule has 0 aromatic carbocycles. The highest BCUT2D eigenvalue weighted by molar-refractivity contribution is 9.08. The Hall–Kier alpha value is -1.22. The second-order valence-corrected chi connectivity index (χ2v) is 3.00. The molecule has 0 saturated heterocycles. The van der Waals surface area contributed by atoms with Gasteiger partial charge in [0.05, 0.1) is 5.56 Å². The SMILES string of the molecule is N#Cc1ncc(CBr)c(C(F)F)c1O. The maximum absolute atomic E-state index is 12.5. The van der Waals surface area contributed by atoms with Crippen molar-refractivity contribution in [2.24, 2.45) is 0 Å². The first kappa shape index (κ1) is 10.9. The lowest BCUT2D eigenvalue weighted by atomic mass is 10.1. The van der Waals surface area contributed by atoms with E-state index in [-0.39, 0.29) is 16.6 Å². The van der Waals surface area contributed by atoms with Gasteiger partial charge in [0.1, 0.15) is 6.07 Å². The summed E-state index contributed by atoms with van der Waals surface area (Å²) in [6.45, 7) is 0. The number of nitriles is 1. The highest BCUT2D eigenvalue weighted by Gasteiger charge is 2.20. The van der Waals surface area contributed by atoms with Crippen LogP contribution in [-0.4, -0.2) is 10.1 Å². The van der Waals surface area contributed by atoms with Gasteiger partial charge < -0.3 is 5.11 Å². The number of hydrogen-bond acceptors (Lipinski definition) is 3. The van der Waals surface area contributed by atoms with Gasteiger partial charge in [-0.25, -0.2) is 13.8 Å². The van der Waals surface area contributed by atoms with E-state index in [4.69, 9.17) is 5.26 Å². The molecular weight excluding hydrogens is 258 g/mol. The predicted molar refractivity (Wildman–Crippen MR) is 48.2 cm³/mol. The topological polar surface area (TPSA) is 56.9 Å². The van der Waals surface area contributed by atoms with Gasteiger partial charge in [0.25, 0.3) is 6.43 Å². The molecule has 0 aliphatic carbocycles. The van der Waals surface area contributed by atoms with Crippen LogP contribution in [0.2, 0.25) is 0 Å². The monoisotopic (exact) mass is 262 g/mol. The molecule has 1 N–H and O–H groups in total. The van der Waals surface area contributed by atoms with Crippen LogP contribution in [0, 0.1) is 11.3 Å². The van der Waals surface area contributed by atoms with E-state index in [1.54, 1.807) is 0 Å². The molecule has 1 rings (SSSR count). The van der Waals surface area contributed by atoms with Gasteiger partial charge in [-0.3, -0.25) is 0 Å². The molecular formula is C8H5BrF2N2O. The van der Waals surface area contributed by atoms with Crippen molar-refractivity contribution in [1.29, 1.82) is 5.26 Å². The minimum atomic E-state index is -2.82. The molecule has 1 aromatic rings. The van der Waals surface area contributed by atoms with Crippen LogP contribution < -0.4 is 0 Å². The van der Waals surface area contributed by atoms with Crippen molar-refractivity contribution in [3.05, 3.63) is 23.0 Å². The third kappa shape index (κ3) is 1.82. The van der Waals surface area contributed by atoms with Crippen LogP contribution in [0.15, 0.2) is 6.20 Å². The molecule has 74 valence electrons. The van der Waals surface area contributed by atoms with Crippen LogP contribution in [0.4, 0.5) is 8.78 Å². The van der Waals surface area contributed by atoms with Gasteiger partial charge in [0, 0.05) is 11.5 Å². The zero-order valence-corrected chi connectivity index (χ0v) is 8.42. The average Bonchev–Trinajstić information content (AvgIpc) is 2.16. The van der Waals surface area contributed by atoms with E-state index in [0.717, 1.165) is 6.20 Å². The number of aromatic nitrogens is 1. The number of rotatable bonds is 2. The van der Waals surface area contributed by atoms with Gasteiger partial charge in [-0.1, -0.05) is 15.9 Å². The summed E-state index contributed by atoms with van der Waals surface area (Å²) < 4.78 is 24.9. The summed E-state index contributed by atoms with van der Waals surface area (Å²) in [6, 6.07) is 1.53. The predicted octanol–water partition coefficient (Wildman–Crippen LogP) is 2.49. The molecule has 0 spiro atoms. The van der Waals surface area contributed by atoms with Crippen LogP contribution in [0.5, 0.6) is 5.75 Å². The largest absolute Gasteiger partial charge is 0.505 e. The maximum atomic E-state index is 12.5. The number of alkyl halides is 3. The summed E-state index contributed by atoms with van der Waals surface area (Å²) in [5.41, 5.74) is -0.741. The van der Waals surface area contributed by atoms with E-state index in [1.807, 2.05) is 0 Å². The molecule has 1 aromatic heterocycles. The summed E-state index contributed by atoms with van der Waals surface area (Å²) in [5, 5.41) is 17.9. The quantitative estimate of drug-likeness (QED) is 0.834. The summed E-state index contributed by atoms with van der Waals surface area (Å²) in [6.07, 6.45) is -1.67. The number of pyridine rings is 1. The molecule has 0 atom stereocenters. The van der Waals surface area contributed by atoms with Gasteiger partial charge >= 0.3 is 0 Å². The summed E-state index contributed by atoms with van der Waals surface area (Å²) in [4.78, 5) is 3.54. The van der Waals surface area contributed by atoms with Crippen molar-refractivity contribution in [1.82, 2.24) is 4.98 Å². The molecule has 0 aliphatic heterocycles. The van der Waals surface area contributed by atoms with Crippen molar-refractivity contribution < 1.29 is 13.9 Å². The lowest BCUT2D eigenvalue weighted by Crippen LogP contribution is -1.97. The smallest absolute Gasteiger partial charge is 0.267 e. The number of hydrogen-bond donors (Lipinski definition) is 1. The van der Waals surface area contributed by atoms with E-state index >= 15 is 0 Å². The number of aromatic hydroxyl groups is 1. The van der Waals surface area contributed by atoms with Crippen LogP contribution in [0.1, 0.15) is 23.2 Å². The zero-order valence-electron chi connectivity index (χ0n) is 6.84. The molecule has 0 unspecified atom stereocenters. The molecule has 14 heavy (non-hydrogen) atoms. The Kier molecular flexibility index (Phi) is 3.36. The Bertz CT molecular complexity index is 390. The van der Waals surface area contributed by atoms with Gasteiger partial charge in [0.2, 0.25) is 0 Å². The van der Waals surface area contributed by atoms with Crippen LogP contribution >= 0.6 is 15.9 Å². The van der Waals surface area contributed by atoms with Gasteiger partial charge in [-0.05, 0) is 5.56 Å². The Morgan fingerprint density at radius 2 is 2.29 bits per heavy atom. The maximum Gasteiger partial charge on any atom is 0.267 e. The molecule has 0 saturated carbocycles. The Labute approximate surface area is 87.1 Å². The van der Waals surface area contributed by atoms with Gasteiger partial charge in [-0.2, -0.15) is 5.26 Å². The van der Waals surface area contributed by atoms with Crippen molar-refractivity contribution in [2.45, 2.75) is 11.8 Å². The van der Waals surface area contributed by atoms with E-state index in [9.17, 15) is 13.9 Å².